The van der Waals surface area contributed by atoms with Crippen LogP contribution >= 0.6 is 11.6 Å². The molecular weight excluding hydrogens is 208 g/mol. The summed E-state index contributed by atoms with van der Waals surface area (Å²) in [7, 11) is 1.10. The Hall–Kier alpha value is -0.975. The predicted molar refractivity (Wildman–Crippen MR) is 52.2 cm³/mol. The minimum atomic E-state index is -1.69. The van der Waals surface area contributed by atoms with Crippen LogP contribution in [0.2, 0.25) is 5.02 Å². The highest BCUT2D eigenvalue weighted by molar-refractivity contribution is 6.63. The molecule has 0 saturated carbocycles. The van der Waals surface area contributed by atoms with E-state index in [-0.39, 0.29) is 22.2 Å². The zero-order chi connectivity index (χ0) is 10.7. The Morgan fingerprint density at radius 3 is 2.43 bits per heavy atom. The zero-order valence-electron chi connectivity index (χ0n) is 7.69. The van der Waals surface area contributed by atoms with Gasteiger partial charge in [-0.05, 0) is 0 Å². The van der Waals surface area contributed by atoms with E-state index in [1.54, 1.807) is 0 Å². The Balaban J connectivity index is 3.27. The van der Waals surface area contributed by atoms with Crippen molar-refractivity contribution in [1.29, 1.82) is 0 Å². The molecule has 0 unspecified atom stereocenters. The highest BCUT2D eigenvalue weighted by atomic mass is 35.5. The van der Waals surface area contributed by atoms with Gasteiger partial charge in [-0.25, -0.2) is 0 Å². The van der Waals surface area contributed by atoms with Crippen molar-refractivity contribution in [1.82, 2.24) is 4.98 Å². The number of ether oxygens (including phenoxy) is 2. The van der Waals surface area contributed by atoms with E-state index in [9.17, 15) is 0 Å². The topological polar surface area (TPSA) is 71.8 Å². The average molecular weight is 217 g/mol. The van der Waals surface area contributed by atoms with Gasteiger partial charge in [-0.2, -0.15) is 4.98 Å². The lowest BCUT2D eigenvalue weighted by Gasteiger charge is -2.09. The van der Waals surface area contributed by atoms with E-state index in [1.807, 2.05) is 0 Å². The van der Waals surface area contributed by atoms with E-state index >= 15 is 0 Å². The van der Waals surface area contributed by atoms with E-state index in [0.717, 1.165) is 0 Å². The highest BCUT2D eigenvalue weighted by Gasteiger charge is 2.21. The van der Waals surface area contributed by atoms with Crippen molar-refractivity contribution in [2.45, 2.75) is 0 Å². The van der Waals surface area contributed by atoms with Crippen LogP contribution in [0.3, 0.4) is 0 Å². The Morgan fingerprint density at radius 2 is 2.00 bits per heavy atom. The SMILES string of the molecule is COc1cc(B(O)O)c(Cl)c(OC)n1. The second-order valence-electron chi connectivity index (χ2n) is 2.45. The largest absolute Gasteiger partial charge is 0.490 e. The van der Waals surface area contributed by atoms with Gasteiger partial charge in [0.1, 0.15) is 5.02 Å². The molecule has 5 nitrogen and oxygen atoms in total. The Morgan fingerprint density at radius 1 is 1.36 bits per heavy atom. The molecule has 76 valence electrons. The molecule has 14 heavy (non-hydrogen) atoms. The molecule has 0 aliphatic rings. The minimum Gasteiger partial charge on any atom is -0.481 e. The van der Waals surface area contributed by atoms with Crippen LogP contribution < -0.4 is 14.9 Å². The van der Waals surface area contributed by atoms with Crippen molar-refractivity contribution >= 4 is 24.2 Å². The van der Waals surface area contributed by atoms with Crippen LogP contribution in [0.25, 0.3) is 0 Å². The van der Waals surface area contributed by atoms with Gasteiger partial charge in [0.25, 0.3) is 0 Å². The van der Waals surface area contributed by atoms with Gasteiger partial charge in [-0.3, -0.25) is 0 Å². The number of halogens is 1. The highest BCUT2D eigenvalue weighted by Crippen LogP contribution is 2.22. The molecule has 0 aliphatic heterocycles. The average Bonchev–Trinajstić information content (AvgIpc) is 2.17. The van der Waals surface area contributed by atoms with Crippen molar-refractivity contribution in [3.05, 3.63) is 11.1 Å². The first-order valence-corrected chi connectivity index (χ1v) is 4.12. The van der Waals surface area contributed by atoms with Crippen molar-refractivity contribution in [3.63, 3.8) is 0 Å². The molecular formula is C7H9BClNO4. The van der Waals surface area contributed by atoms with Crippen LogP contribution in [-0.2, 0) is 0 Å². The van der Waals surface area contributed by atoms with Gasteiger partial charge in [0, 0.05) is 11.5 Å². The van der Waals surface area contributed by atoms with Gasteiger partial charge >= 0.3 is 7.12 Å². The summed E-state index contributed by atoms with van der Waals surface area (Å²) in [6.07, 6.45) is 0. The summed E-state index contributed by atoms with van der Waals surface area (Å²) in [6, 6.07) is 1.33. The van der Waals surface area contributed by atoms with Crippen molar-refractivity contribution in [2.75, 3.05) is 14.2 Å². The summed E-state index contributed by atoms with van der Waals surface area (Å²) in [5.41, 5.74) is 0.0929. The second-order valence-corrected chi connectivity index (χ2v) is 2.83. The van der Waals surface area contributed by atoms with Crippen LogP contribution in [-0.4, -0.2) is 36.4 Å². The number of aromatic nitrogens is 1. The molecule has 0 amide bonds. The van der Waals surface area contributed by atoms with Crippen LogP contribution in [0.15, 0.2) is 6.07 Å². The first-order valence-electron chi connectivity index (χ1n) is 3.74. The number of methoxy groups -OCH3 is 2. The molecule has 0 spiro atoms. The summed E-state index contributed by atoms with van der Waals surface area (Å²) < 4.78 is 9.66. The van der Waals surface area contributed by atoms with E-state index in [4.69, 9.17) is 31.1 Å². The van der Waals surface area contributed by atoms with E-state index < -0.39 is 7.12 Å². The maximum Gasteiger partial charge on any atom is 0.490 e. The number of rotatable bonds is 3. The summed E-state index contributed by atoms with van der Waals surface area (Å²) in [5.74, 6) is 0.295. The van der Waals surface area contributed by atoms with Crippen LogP contribution in [0.1, 0.15) is 0 Å². The number of hydrogen-bond donors (Lipinski definition) is 2. The van der Waals surface area contributed by atoms with Gasteiger partial charge in [0.2, 0.25) is 11.8 Å². The van der Waals surface area contributed by atoms with Gasteiger partial charge in [-0.15, -0.1) is 0 Å². The van der Waals surface area contributed by atoms with Crippen molar-refractivity contribution < 1.29 is 19.5 Å². The van der Waals surface area contributed by atoms with Crippen molar-refractivity contribution in [3.8, 4) is 11.8 Å². The summed E-state index contributed by atoms with van der Waals surface area (Å²) in [6.45, 7) is 0. The molecule has 0 bridgehead atoms. The monoisotopic (exact) mass is 217 g/mol. The molecule has 0 radical (unpaired) electrons. The number of nitrogens with zero attached hydrogens (tertiary/aromatic N) is 1. The molecule has 7 heteroatoms. The predicted octanol–water partition coefficient (Wildman–Crippen LogP) is -0.568. The Kier molecular flexibility index (Phi) is 3.57. The lowest BCUT2D eigenvalue weighted by molar-refractivity contribution is 0.364. The fraction of sp³-hybridized carbons (Fsp3) is 0.286. The van der Waals surface area contributed by atoms with Gasteiger partial charge in [0.05, 0.1) is 14.2 Å². The second kappa shape index (κ2) is 4.50. The quantitative estimate of drug-likeness (QED) is 0.664. The van der Waals surface area contributed by atoms with E-state index in [2.05, 4.69) is 4.98 Å². The third-order valence-corrected chi connectivity index (χ3v) is 1.99. The lowest BCUT2D eigenvalue weighted by Crippen LogP contribution is -2.31. The minimum absolute atomic E-state index is 0.0586. The molecule has 1 aromatic rings. The maximum absolute atomic E-state index is 8.98. The molecule has 1 rings (SSSR count). The summed E-state index contributed by atoms with van der Waals surface area (Å²) in [4.78, 5) is 3.85. The molecule has 0 aliphatic carbocycles. The smallest absolute Gasteiger partial charge is 0.481 e. The molecule has 0 saturated heterocycles. The standard InChI is InChI=1S/C7H9BClNO4/c1-13-5-3-4(8(11)12)6(9)7(10-5)14-2/h3,11-12H,1-2H3. The molecule has 2 N–H and O–H groups in total. The lowest BCUT2D eigenvalue weighted by atomic mass is 9.81. The van der Waals surface area contributed by atoms with Crippen molar-refractivity contribution in [2.24, 2.45) is 0 Å². The number of hydrogen-bond acceptors (Lipinski definition) is 5. The Bertz CT molecular complexity index is 334. The molecule has 1 aromatic heterocycles. The molecule has 0 fully saturated rings. The molecule has 0 atom stereocenters. The van der Waals surface area contributed by atoms with E-state index in [1.165, 1.54) is 20.3 Å². The molecule has 1 heterocycles. The van der Waals surface area contributed by atoms with Gasteiger partial charge < -0.3 is 19.5 Å². The first-order chi connectivity index (χ1) is 6.60. The molecule has 0 aromatic carbocycles. The van der Waals surface area contributed by atoms with Crippen LogP contribution in [0.4, 0.5) is 0 Å². The fourth-order valence-electron chi connectivity index (χ4n) is 0.929. The van der Waals surface area contributed by atoms with E-state index in [0.29, 0.717) is 0 Å². The summed E-state index contributed by atoms with van der Waals surface area (Å²) in [5, 5.41) is 18.0. The summed E-state index contributed by atoms with van der Waals surface area (Å²) >= 11 is 5.77. The third kappa shape index (κ3) is 2.09. The third-order valence-electron chi connectivity index (χ3n) is 1.61. The maximum atomic E-state index is 8.98. The van der Waals surface area contributed by atoms with Gasteiger partial charge in [0.15, 0.2) is 0 Å². The normalized spacial score (nSPS) is 9.79. The zero-order valence-corrected chi connectivity index (χ0v) is 8.45. The van der Waals surface area contributed by atoms with Gasteiger partial charge in [-0.1, -0.05) is 11.6 Å². The Labute approximate surface area is 86.4 Å². The number of pyridine rings is 1. The first kappa shape index (κ1) is 11.1. The van der Waals surface area contributed by atoms with Crippen LogP contribution in [0.5, 0.6) is 11.8 Å². The fourth-order valence-corrected chi connectivity index (χ4v) is 1.20. The van der Waals surface area contributed by atoms with Crippen LogP contribution in [0, 0.1) is 0 Å².